The molecule has 0 spiro atoms. The fraction of sp³-hybridized carbons (Fsp3) is 0. The van der Waals surface area contributed by atoms with Crippen molar-refractivity contribution in [2.75, 3.05) is 4.90 Å². The molecule has 0 amide bonds. The molecule has 0 aliphatic carbocycles. The van der Waals surface area contributed by atoms with E-state index in [1.54, 1.807) is 29.2 Å². The average molecular weight is 511 g/mol. The molecule has 9 heteroatoms. The molecule has 0 unspecified atom stereocenters. The first-order chi connectivity index (χ1) is 17.1. The molecule has 6 nitrogen and oxygen atoms in total. The van der Waals surface area contributed by atoms with Gasteiger partial charge in [-0.15, -0.1) is 22.7 Å². The van der Waals surface area contributed by atoms with E-state index in [2.05, 4.69) is 46.3 Å². The summed E-state index contributed by atoms with van der Waals surface area (Å²) in [5.74, 6) is 0. The number of para-hydroxylation sites is 2. The van der Waals surface area contributed by atoms with E-state index < -0.39 is 4.92 Å². The van der Waals surface area contributed by atoms with E-state index in [1.807, 2.05) is 36.4 Å². The van der Waals surface area contributed by atoms with Crippen molar-refractivity contribution in [1.82, 2.24) is 4.98 Å². The van der Waals surface area contributed by atoms with Crippen LogP contribution < -0.4 is 4.90 Å². The van der Waals surface area contributed by atoms with Gasteiger partial charge >= 0.3 is 0 Å². The summed E-state index contributed by atoms with van der Waals surface area (Å²) in [5, 5.41) is 22.5. The van der Waals surface area contributed by atoms with Crippen LogP contribution in [0.1, 0.15) is 9.88 Å². The highest BCUT2D eigenvalue weighted by molar-refractivity contribution is 7.99. The van der Waals surface area contributed by atoms with Gasteiger partial charge in [0, 0.05) is 26.8 Å². The molecule has 0 radical (unpaired) electrons. The number of nitrogens with zero attached hydrogens (tertiary/aromatic N) is 4. The number of fused-ring (bicyclic) bond motifs is 3. The number of nitriles is 1. The lowest BCUT2D eigenvalue weighted by molar-refractivity contribution is -0.384. The number of rotatable bonds is 4. The predicted octanol–water partition coefficient (Wildman–Crippen LogP) is 8.26. The van der Waals surface area contributed by atoms with Gasteiger partial charge in [0.25, 0.3) is 5.69 Å². The minimum atomic E-state index is -0.428. The Hall–Kier alpha value is -3.97. The SMILES string of the molecule is N#C/C(=C\c1ccc(N2c3ccccc3Sc3ccccc32)s1)c1nc2ccc([N+](=O)[O-])cc2s1. The average Bonchev–Trinajstić information content (AvgIpc) is 3.52. The van der Waals surface area contributed by atoms with Crippen molar-refractivity contribution in [3.05, 3.63) is 98.9 Å². The van der Waals surface area contributed by atoms with Gasteiger partial charge in [0.15, 0.2) is 0 Å². The molecule has 5 aromatic rings. The van der Waals surface area contributed by atoms with Crippen LogP contribution in [-0.2, 0) is 0 Å². The predicted molar refractivity (Wildman–Crippen MR) is 143 cm³/mol. The highest BCUT2D eigenvalue weighted by Gasteiger charge is 2.25. The number of allylic oxidation sites excluding steroid dienone is 1. The number of aromatic nitrogens is 1. The fourth-order valence-corrected chi connectivity index (χ4v) is 6.91. The fourth-order valence-electron chi connectivity index (χ4n) is 3.91. The summed E-state index contributed by atoms with van der Waals surface area (Å²) in [6, 6.07) is 27.5. The molecule has 0 saturated heterocycles. The summed E-state index contributed by atoms with van der Waals surface area (Å²) in [5.41, 5.74) is 3.34. The van der Waals surface area contributed by atoms with Gasteiger partial charge < -0.3 is 0 Å². The first-order valence-electron chi connectivity index (χ1n) is 10.5. The van der Waals surface area contributed by atoms with Gasteiger partial charge in [-0.25, -0.2) is 4.98 Å². The van der Waals surface area contributed by atoms with Crippen LogP contribution in [-0.4, -0.2) is 9.91 Å². The van der Waals surface area contributed by atoms with Gasteiger partial charge in [-0.3, -0.25) is 15.0 Å². The molecule has 1 aliphatic rings. The molecule has 2 aromatic heterocycles. The summed E-state index contributed by atoms with van der Waals surface area (Å²) in [4.78, 5) is 20.8. The minimum Gasteiger partial charge on any atom is -0.300 e. The molecule has 1 aliphatic heterocycles. The maximum Gasteiger partial charge on any atom is 0.270 e. The maximum absolute atomic E-state index is 11.1. The third kappa shape index (κ3) is 3.88. The van der Waals surface area contributed by atoms with E-state index in [4.69, 9.17) is 0 Å². The van der Waals surface area contributed by atoms with Crippen molar-refractivity contribution in [3.63, 3.8) is 0 Å². The first-order valence-corrected chi connectivity index (χ1v) is 13.0. The Morgan fingerprint density at radius 2 is 1.69 bits per heavy atom. The molecule has 0 bridgehead atoms. The van der Waals surface area contributed by atoms with Crippen LogP contribution in [0.5, 0.6) is 0 Å². The summed E-state index contributed by atoms with van der Waals surface area (Å²) >= 11 is 4.64. The van der Waals surface area contributed by atoms with Gasteiger partial charge in [0.2, 0.25) is 0 Å². The van der Waals surface area contributed by atoms with Gasteiger partial charge in [-0.2, -0.15) is 5.26 Å². The Morgan fingerprint density at radius 1 is 0.971 bits per heavy atom. The number of benzene rings is 3. The van der Waals surface area contributed by atoms with E-state index in [-0.39, 0.29) is 5.69 Å². The van der Waals surface area contributed by atoms with Crippen molar-refractivity contribution < 1.29 is 4.92 Å². The van der Waals surface area contributed by atoms with Gasteiger partial charge in [-0.1, -0.05) is 36.0 Å². The third-order valence-electron chi connectivity index (χ3n) is 5.49. The van der Waals surface area contributed by atoms with E-state index in [0.717, 1.165) is 21.3 Å². The van der Waals surface area contributed by atoms with Gasteiger partial charge in [-0.05, 0) is 48.5 Å². The van der Waals surface area contributed by atoms with E-state index >= 15 is 0 Å². The minimum absolute atomic E-state index is 0.0124. The van der Waals surface area contributed by atoms with Crippen LogP contribution >= 0.6 is 34.4 Å². The third-order valence-corrected chi connectivity index (χ3v) is 8.68. The summed E-state index contributed by atoms with van der Waals surface area (Å²) in [7, 11) is 0. The van der Waals surface area contributed by atoms with Crippen molar-refractivity contribution in [2.45, 2.75) is 9.79 Å². The Balaban J connectivity index is 1.39. The van der Waals surface area contributed by atoms with Gasteiger partial charge in [0.1, 0.15) is 16.1 Å². The lowest BCUT2D eigenvalue weighted by Gasteiger charge is -2.31. The summed E-state index contributed by atoms with van der Waals surface area (Å²) in [6.07, 6.45) is 1.83. The molecule has 168 valence electrons. The summed E-state index contributed by atoms with van der Waals surface area (Å²) < 4.78 is 0.682. The van der Waals surface area contributed by atoms with E-state index in [0.29, 0.717) is 20.8 Å². The van der Waals surface area contributed by atoms with Crippen molar-refractivity contribution >= 4 is 78.4 Å². The zero-order valence-electron chi connectivity index (χ0n) is 17.9. The maximum atomic E-state index is 11.1. The van der Waals surface area contributed by atoms with Crippen molar-refractivity contribution in [2.24, 2.45) is 0 Å². The summed E-state index contributed by atoms with van der Waals surface area (Å²) in [6.45, 7) is 0. The Bertz CT molecular complexity index is 1650. The quantitative estimate of drug-likeness (QED) is 0.135. The molecule has 0 fully saturated rings. The molecule has 3 aromatic carbocycles. The van der Waals surface area contributed by atoms with Crippen molar-refractivity contribution in [3.8, 4) is 6.07 Å². The lowest BCUT2D eigenvalue weighted by Crippen LogP contribution is -2.13. The molecule has 6 rings (SSSR count). The smallest absolute Gasteiger partial charge is 0.270 e. The number of thiazole rings is 1. The Morgan fingerprint density at radius 3 is 2.37 bits per heavy atom. The monoisotopic (exact) mass is 510 g/mol. The molecule has 3 heterocycles. The Kier molecular flexibility index (Phi) is 5.34. The molecule has 0 saturated carbocycles. The zero-order chi connectivity index (χ0) is 23.9. The molecular weight excluding hydrogens is 497 g/mol. The van der Waals surface area contributed by atoms with Crippen LogP contribution in [0, 0.1) is 21.4 Å². The number of non-ortho nitro benzene ring substituents is 1. The second kappa shape index (κ2) is 8.67. The van der Waals surface area contributed by atoms with Crippen LogP contribution in [0.25, 0.3) is 21.9 Å². The Labute approximate surface area is 212 Å². The molecule has 0 N–H and O–H groups in total. The van der Waals surface area contributed by atoms with Crippen LogP contribution in [0.3, 0.4) is 0 Å². The molecule has 35 heavy (non-hydrogen) atoms. The van der Waals surface area contributed by atoms with E-state index in [1.165, 1.54) is 33.3 Å². The van der Waals surface area contributed by atoms with Crippen LogP contribution in [0.4, 0.5) is 22.1 Å². The van der Waals surface area contributed by atoms with Crippen LogP contribution in [0.2, 0.25) is 0 Å². The van der Waals surface area contributed by atoms with Crippen molar-refractivity contribution in [1.29, 1.82) is 5.26 Å². The number of nitro groups is 1. The number of anilines is 3. The number of hydrogen-bond donors (Lipinski definition) is 0. The second-order valence-electron chi connectivity index (χ2n) is 7.65. The normalized spacial score (nSPS) is 12.8. The van der Waals surface area contributed by atoms with E-state index in [9.17, 15) is 15.4 Å². The largest absolute Gasteiger partial charge is 0.300 e. The first kappa shape index (κ1) is 21.6. The zero-order valence-corrected chi connectivity index (χ0v) is 20.4. The van der Waals surface area contributed by atoms with Gasteiger partial charge in [0.05, 0.1) is 32.1 Å². The topological polar surface area (TPSA) is 83.1 Å². The standard InChI is InChI=1S/C26H14N4O2S3/c27-15-16(26-28-19-11-9-17(30(31)32)14-24(19)35-26)13-18-10-12-25(33-18)29-20-5-1-3-7-22(20)34-23-8-4-2-6-21(23)29/h1-14H/b16-13+. The lowest BCUT2D eigenvalue weighted by atomic mass is 10.2. The molecule has 0 atom stereocenters. The number of nitro benzene ring substituents is 1. The van der Waals surface area contributed by atoms with Crippen LogP contribution in [0.15, 0.2) is 88.7 Å². The highest BCUT2D eigenvalue weighted by Crippen LogP contribution is 2.52. The number of thiophene rings is 1. The highest BCUT2D eigenvalue weighted by atomic mass is 32.2. The second-order valence-corrected chi connectivity index (χ2v) is 10.9. The molecular formula is C26H14N4O2S3. The number of hydrogen-bond acceptors (Lipinski definition) is 8.